The van der Waals surface area contributed by atoms with Crippen molar-refractivity contribution in [2.24, 2.45) is 0 Å². The van der Waals surface area contributed by atoms with E-state index in [0.717, 1.165) is 44.7 Å². The number of hydrogen-bond acceptors (Lipinski definition) is 4. The maximum Gasteiger partial charge on any atom is 0.208 e. The van der Waals surface area contributed by atoms with Crippen LogP contribution in [0.1, 0.15) is 42.5 Å². The Bertz CT molecular complexity index is 638. The highest BCUT2D eigenvalue weighted by atomic mass is 32.2. The molecular weight excluding hydrogens is 300 g/mol. The molecule has 7 heteroatoms. The van der Waals surface area contributed by atoms with Gasteiger partial charge in [0.05, 0.1) is 11.9 Å². The summed E-state index contributed by atoms with van der Waals surface area (Å²) in [4.78, 5) is 7.11. The number of nitrogens with zero attached hydrogens (tertiary/aromatic N) is 3. The highest BCUT2D eigenvalue weighted by Gasteiger charge is 2.28. The first kappa shape index (κ1) is 16.0. The SMILES string of the molecule is Cc1nc2c(n1C1CCN(CCNS(C)(=O)=O)C1)CCCC2. The first-order valence-corrected chi connectivity index (χ1v) is 10.1. The van der Waals surface area contributed by atoms with Gasteiger partial charge in [0.15, 0.2) is 0 Å². The van der Waals surface area contributed by atoms with Crippen LogP contribution < -0.4 is 4.72 Å². The molecule has 1 aliphatic carbocycles. The summed E-state index contributed by atoms with van der Waals surface area (Å²) in [6.07, 6.45) is 7.15. The number of rotatable bonds is 5. The summed E-state index contributed by atoms with van der Waals surface area (Å²) in [5.74, 6) is 1.15. The summed E-state index contributed by atoms with van der Waals surface area (Å²) in [7, 11) is -3.08. The third-order valence-corrected chi connectivity index (χ3v) is 5.48. The minimum Gasteiger partial charge on any atom is -0.328 e. The van der Waals surface area contributed by atoms with Crippen LogP contribution >= 0.6 is 0 Å². The zero-order valence-electron chi connectivity index (χ0n) is 13.5. The molecule has 1 N–H and O–H groups in total. The Morgan fingerprint density at radius 2 is 2.09 bits per heavy atom. The van der Waals surface area contributed by atoms with Crippen LogP contribution in [0.4, 0.5) is 0 Å². The van der Waals surface area contributed by atoms with E-state index in [1.54, 1.807) is 0 Å². The van der Waals surface area contributed by atoms with Gasteiger partial charge in [0, 0.05) is 37.9 Å². The number of fused-ring (bicyclic) bond motifs is 1. The van der Waals surface area contributed by atoms with E-state index in [1.165, 1.54) is 30.5 Å². The second kappa shape index (κ2) is 6.29. The van der Waals surface area contributed by atoms with Crippen LogP contribution in [0.15, 0.2) is 0 Å². The molecule has 1 aliphatic heterocycles. The summed E-state index contributed by atoms with van der Waals surface area (Å²) >= 11 is 0. The Hall–Kier alpha value is -0.920. The lowest BCUT2D eigenvalue weighted by Gasteiger charge is -2.21. The van der Waals surface area contributed by atoms with E-state index < -0.39 is 10.0 Å². The highest BCUT2D eigenvalue weighted by Crippen LogP contribution is 2.29. The van der Waals surface area contributed by atoms with Crippen LogP contribution in [0.3, 0.4) is 0 Å². The number of nitrogens with one attached hydrogen (secondary N) is 1. The van der Waals surface area contributed by atoms with Crippen molar-refractivity contribution in [3.63, 3.8) is 0 Å². The summed E-state index contributed by atoms with van der Waals surface area (Å²) in [6.45, 7) is 5.41. The molecule has 1 unspecified atom stereocenters. The van der Waals surface area contributed by atoms with Crippen molar-refractivity contribution in [2.75, 3.05) is 32.4 Å². The van der Waals surface area contributed by atoms with Crippen molar-refractivity contribution < 1.29 is 8.42 Å². The second-order valence-electron chi connectivity index (χ2n) is 6.54. The zero-order valence-corrected chi connectivity index (χ0v) is 14.3. The molecule has 0 saturated carbocycles. The molecule has 1 fully saturated rings. The lowest BCUT2D eigenvalue weighted by molar-refractivity contribution is 0.326. The highest BCUT2D eigenvalue weighted by molar-refractivity contribution is 7.88. The molecule has 1 atom stereocenters. The van der Waals surface area contributed by atoms with Gasteiger partial charge in [-0.3, -0.25) is 4.90 Å². The van der Waals surface area contributed by atoms with Gasteiger partial charge in [-0.05, 0) is 39.0 Å². The monoisotopic (exact) mass is 326 g/mol. The Morgan fingerprint density at radius 3 is 2.86 bits per heavy atom. The molecule has 0 bridgehead atoms. The lowest BCUT2D eigenvalue weighted by atomic mass is 10.0. The van der Waals surface area contributed by atoms with Gasteiger partial charge in [-0.2, -0.15) is 0 Å². The van der Waals surface area contributed by atoms with E-state index in [0.29, 0.717) is 12.6 Å². The smallest absolute Gasteiger partial charge is 0.208 e. The van der Waals surface area contributed by atoms with Gasteiger partial charge in [-0.1, -0.05) is 0 Å². The van der Waals surface area contributed by atoms with Gasteiger partial charge in [-0.15, -0.1) is 0 Å². The number of imidazole rings is 1. The molecule has 3 rings (SSSR count). The average molecular weight is 326 g/mol. The molecule has 1 aromatic heterocycles. The van der Waals surface area contributed by atoms with Crippen LogP contribution in [0.5, 0.6) is 0 Å². The second-order valence-corrected chi connectivity index (χ2v) is 8.37. The minimum atomic E-state index is -3.08. The molecule has 2 aliphatic rings. The van der Waals surface area contributed by atoms with Gasteiger partial charge in [0.25, 0.3) is 0 Å². The molecule has 1 aromatic rings. The normalized spacial score (nSPS) is 22.9. The molecule has 6 nitrogen and oxygen atoms in total. The molecule has 0 radical (unpaired) electrons. The summed E-state index contributed by atoms with van der Waals surface area (Å²) < 4.78 is 27.3. The van der Waals surface area contributed by atoms with Crippen molar-refractivity contribution in [1.82, 2.24) is 19.2 Å². The van der Waals surface area contributed by atoms with E-state index in [4.69, 9.17) is 4.98 Å². The lowest BCUT2D eigenvalue weighted by Crippen LogP contribution is -2.33. The largest absolute Gasteiger partial charge is 0.328 e. The maximum absolute atomic E-state index is 11.1. The number of hydrogen-bond donors (Lipinski definition) is 1. The molecule has 0 spiro atoms. The van der Waals surface area contributed by atoms with E-state index in [2.05, 4.69) is 21.1 Å². The third-order valence-electron chi connectivity index (χ3n) is 4.75. The zero-order chi connectivity index (χ0) is 15.7. The maximum atomic E-state index is 11.1. The van der Waals surface area contributed by atoms with E-state index in [-0.39, 0.29) is 0 Å². The number of aryl methyl sites for hydroxylation is 2. The van der Waals surface area contributed by atoms with Crippen molar-refractivity contribution in [3.8, 4) is 0 Å². The standard InChI is InChI=1S/C15H26N4O2S/c1-12-17-14-5-3-4-6-15(14)19(12)13-7-9-18(11-13)10-8-16-22(2,20)21/h13,16H,3-11H2,1-2H3. The minimum absolute atomic E-state index is 0.493. The fourth-order valence-corrected chi connectivity index (χ4v) is 4.26. The Kier molecular flexibility index (Phi) is 4.56. The molecular formula is C15H26N4O2S. The summed E-state index contributed by atoms with van der Waals surface area (Å²) in [6, 6.07) is 0.493. The van der Waals surface area contributed by atoms with Gasteiger partial charge < -0.3 is 4.57 Å². The first-order chi connectivity index (χ1) is 10.4. The van der Waals surface area contributed by atoms with Crippen LogP contribution in [0.25, 0.3) is 0 Å². The van der Waals surface area contributed by atoms with Gasteiger partial charge in [-0.25, -0.2) is 18.1 Å². The fourth-order valence-electron chi connectivity index (χ4n) is 3.80. The predicted octanol–water partition coefficient (Wildman–Crippen LogP) is 0.866. The number of sulfonamides is 1. The first-order valence-electron chi connectivity index (χ1n) is 8.17. The predicted molar refractivity (Wildman–Crippen MR) is 86.5 cm³/mol. The van der Waals surface area contributed by atoms with E-state index in [1.807, 2.05) is 0 Å². The van der Waals surface area contributed by atoms with Crippen molar-refractivity contribution >= 4 is 10.0 Å². The third kappa shape index (κ3) is 3.52. The van der Waals surface area contributed by atoms with Crippen LogP contribution in [0, 0.1) is 6.92 Å². The molecule has 124 valence electrons. The Morgan fingerprint density at radius 1 is 1.32 bits per heavy atom. The topological polar surface area (TPSA) is 67.2 Å². The molecule has 2 heterocycles. The van der Waals surface area contributed by atoms with Crippen molar-refractivity contribution in [2.45, 2.75) is 45.1 Å². The van der Waals surface area contributed by atoms with E-state index in [9.17, 15) is 8.42 Å². The number of aromatic nitrogens is 2. The average Bonchev–Trinajstić information content (AvgIpc) is 3.00. The Labute approximate surface area is 133 Å². The summed E-state index contributed by atoms with van der Waals surface area (Å²) in [5.41, 5.74) is 2.76. The van der Waals surface area contributed by atoms with Gasteiger partial charge >= 0.3 is 0 Å². The summed E-state index contributed by atoms with van der Waals surface area (Å²) in [5, 5.41) is 0. The fraction of sp³-hybridized carbons (Fsp3) is 0.800. The molecule has 0 amide bonds. The molecule has 22 heavy (non-hydrogen) atoms. The van der Waals surface area contributed by atoms with Crippen LogP contribution in [-0.4, -0.2) is 55.3 Å². The quantitative estimate of drug-likeness (QED) is 0.872. The number of likely N-dealkylation sites (tertiary alicyclic amines) is 1. The van der Waals surface area contributed by atoms with Crippen molar-refractivity contribution in [3.05, 3.63) is 17.2 Å². The van der Waals surface area contributed by atoms with E-state index >= 15 is 0 Å². The molecule has 0 aromatic carbocycles. The van der Waals surface area contributed by atoms with Crippen LogP contribution in [0.2, 0.25) is 0 Å². The van der Waals surface area contributed by atoms with Gasteiger partial charge in [0.1, 0.15) is 5.82 Å². The Balaban J connectivity index is 1.62. The molecule has 1 saturated heterocycles. The van der Waals surface area contributed by atoms with Crippen molar-refractivity contribution in [1.29, 1.82) is 0 Å². The van der Waals surface area contributed by atoms with Crippen LogP contribution in [-0.2, 0) is 22.9 Å². The van der Waals surface area contributed by atoms with Gasteiger partial charge in [0.2, 0.25) is 10.0 Å².